The number of hydrogen-bond acceptors (Lipinski definition) is 1. The molecule has 0 radical (unpaired) electrons. The van der Waals surface area contributed by atoms with Crippen LogP contribution in [-0.4, -0.2) is 6.04 Å². The van der Waals surface area contributed by atoms with E-state index < -0.39 is 0 Å². The molecule has 0 aromatic heterocycles. The van der Waals surface area contributed by atoms with Crippen LogP contribution in [0.5, 0.6) is 0 Å². The molecular weight excluding hydrogens is 194 g/mol. The smallest absolute Gasteiger partial charge is 0.0352 e. The minimum atomic E-state index is 0.339. The molecule has 1 aromatic carbocycles. The van der Waals surface area contributed by atoms with Crippen molar-refractivity contribution in [3.8, 4) is 12.5 Å². The molecule has 1 N–H and O–H groups in total. The van der Waals surface area contributed by atoms with Gasteiger partial charge in [0.25, 0.3) is 0 Å². The Morgan fingerprint density at radius 1 is 1.25 bits per heavy atom. The SMILES string of the molecule is C#CNC(C)Cc1ccc(CCCC)cc1. The highest BCUT2D eigenvalue weighted by Crippen LogP contribution is 2.09. The normalized spacial score (nSPS) is 11.8. The van der Waals surface area contributed by atoms with Crippen LogP contribution in [0.2, 0.25) is 0 Å². The molecule has 0 saturated heterocycles. The summed E-state index contributed by atoms with van der Waals surface area (Å²) in [5.41, 5.74) is 2.78. The van der Waals surface area contributed by atoms with Gasteiger partial charge in [-0.15, -0.1) is 0 Å². The molecule has 16 heavy (non-hydrogen) atoms. The fraction of sp³-hybridized carbons (Fsp3) is 0.467. The van der Waals surface area contributed by atoms with Crippen molar-refractivity contribution in [1.29, 1.82) is 0 Å². The average Bonchev–Trinajstić information content (AvgIpc) is 2.28. The number of terminal acetylenes is 1. The summed E-state index contributed by atoms with van der Waals surface area (Å²) >= 11 is 0. The lowest BCUT2D eigenvalue weighted by molar-refractivity contribution is 0.650. The van der Waals surface area contributed by atoms with E-state index in [0.29, 0.717) is 6.04 Å². The predicted molar refractivity (Wildman–Crippen MR) is 70.2 cm³/mol. The van der Waals surface area contributed by atoms with Crippen LogP contribution in [0.15, 0.2) is 24.3 Å². The maximum Gasteiger partial charge on any atom is 0.0352 e. The van der Waals surface area contributed by atoms with Crippen LogP contribution < -0.4 is 5.32 Å². The van der Waals surface area contributed by atoms with Crippen LogP contribution in [0.1, 0.15) is 37.8 Å². The standard InChI is InChI=1S/C15H21N/c1-4-6-7-14-8-10-15(11-9-14)12-13(3)16-5-2/h2,8-11,13,16H,4,6-7,12H2,1,3H3. The molecule has 1 atom stereocenters. The van der Waals surface area contributed by atoms with Gasteiger partial charge in [0.15, 0.2) is 0 Å². The van der Waals surface area contributed by atoms with Crippen LogP contribution in [0.3, 0.4) is 0 Å². The number of aryl methyl sites for hydroxylation is 1. The Bertz CT molecular complexity index is 331. The Balaban J connectivity index is 2.48. The van der Waals surface area contributed by atoms with Crippen molar-refractivity contribution < 1.29 is 0 Å². The van der Waals surface area contributed by atoms with Gasteiger partial charge in [-0.2, -0.15) is 0 Å². The molecule has 0 saturated carbocycles. The van der Waals surface area contributed by atoms with Crippen LogP contribution in [-0.2, 0) is 12.8 Å². The highest BCUT2D eigenvalue weighted by Gasteiger charge is 2.01. The monoisotopic (exact) mass is 215 g/mol. The summed E-state index contributed by atoms with van der Waals surface area (Å²) in [6.07, 6.45) is 9.90. The summed E-state index contributed by atoms with van der Waals surface area (Å²) in [7, 11) is 0. The van der Waals surface area contributed by atoms with E-state index >= 15 is 0 Å². The molecule has 0 aliphatic carbocycles. The largest absolute Gasteiger partial charge is 0.343 e. The fourth-order valence-electron chi connectivity index (χ4n) is 1.77. The van der Waals surface area contributed by atoms with E-state index in [1.165, 1.54) is 30.4 Å². The molecule has 0 amide bonds. The maximum atomic E-state index is 5.20. The molecular formula is C15H21N. The summed E-state index contributed by atoms with van der Waals surface area (Å²) in [6, 6.07) is 11.7. The van der Waals surface area contributed by atoms with Crippen molar-refractivity contribution in [2.75, 3.05) is 0 Å². The first kappa shape index (κ1) is 12.6. The van der Waals surface area contributed by atoms with E-state index in [1.807, 2.05) is 0 Å². The summed E-state index contributed by atoms with van der Waals surface area (Å²) in [5, 5.41) is 2.97. The molecule has 0 aliphatic rings. The molecule has 0 fully saturated rings. The topological polar surface area (TPSA) is 12.0 Å². The van der Waals surface area contributed by atoms with Crippen molar-refractivity contribution in [3.63, 3.8) is 0 Å². The van der Waals surface area contributed by atoms with Crippen molar-refractivity contribution in [2.24, 2.45) is 0 Å². The summed E-state index contributed by atoms with van der Waals surface area (Å²) < 4.78 is 0. The first-order chi connectivity index (χ1) is 7.76. The van der Waals surface area contributed by atoms with Crippen LogP contribution >= 0.6 is 0 Å². The van der Waals surface area contributed by atoms with Crippen molar-refractivity contribution in [1.82, 2.24) is 5.32 Å². The predicted octanol–water partition coefficient (Wildman–Crippen LogP) is 3.14. The molecule has 0 heterocycles. The van der Waals surface area contributed by atoms with E-state index in [2.05, 4.69) is 49.5 Å². The van der Waals surface area contributed by atoms with Gasteiger partial charge in [0.1, 0.15) is 0 Å². The number of unbranched alkanes of at least 4 members (excludes halogenated alkanes) is 1. The zero-order valence-electron chi connectivity index (χ0n) is 10.3. The third-order valence-corrected chi connectivity index (χ3v) is 2.71. The van der Waals surface area contributed by atoms with Gasteiger partial charge >= 0.3 is 0 Å². The molecule has 0 spiro atoms. The van der Waals surface area contributed by atoms with E-state index in [1.54, 1.807) is 0 Å². The molecule has 0 aliphatic heterocycles. The van der Waals surface area contributed by atoms with Gasteiger partial charge in [-0.05, 0) is 37.3 Å². The van der Waals surface area contributed by atoms with Gasteiger partial charge in [0.05, 0.1) is 0 Å². The lowest BCUT2D eigenvalue weighted by Crippen LogP contribution is -2.22. The second-order valence-electron chi connectivity index (χ2n) is 4.31. The molecule has 1 aromatic rings. The number of rotatable bonds is 6. The quantitative estimate of drug-likeness (QED) is 0.568. The number of hydrogen-bond donors (Lipinski definition) is 1. The highest BCUT2D eigenvalue weighted by atomic mass is 14.9. The Morgan fingerprint density at radius 2 is 1.88 bits per heavy atom. The van der Waals surface area contributed by atoms with Crippen LogP contribution in [0.25, 0.3) is 0 Å². The first-order valence-electron chi connectivity index (χ1n) is 6.05. The van der Waals surface area contributed by atoms with Gasteiger partial charge in [-0.3, -0.25) is 0 Å². The third kappa shape index (κ3) is 4.40. The van der Waals surface area contributed by atoms with E-state index in [4.69, 9.17) is 6.42 Å². The highest BCUT2D eigenvalue weighted by molar-refractivity contribution is 5.23. The molecule has 1 nitrogen and oxygen atoms in total. The van der Waals surface area contributed by atoms with Crippen molar-refractivity contribution in [3.05, 3.63) is 35.4 Å². The summed E-state index contributed by atoms with van der Waals surface area (Å²) in [5.74, 6) is 0. The Hall–Kier alpha value is -1.42. The Labute approximate surface area is 99.3 Å². The van der Waals surface area contributed by atoms with Gasteiger partial charge in [0.2, 0.25) is 0 Å². The van der Waals surface area contributed by atoms with Gasteiger partial charge < -0.3 is 5.32 Å². The van der Waals surface area contributed by atoms with E-state index in [0.717, 1.165) is 6.42 Å². The molecule has 1 heteroatoms. The summed E-state index contributed by atoms with van der Waals surface area (Å²) in [6.45, 7) is 4.33. The number of benzene rings is 1. The Kier molecular flexibility index (Phi) is 5.50. The first-order valence-corrected chi connectivity index (χ1v) is 6.05. The maximum absolute atomic E-state index is 5.20. The van der Waals surface area contributed by atoms with E-state index in [9.17, 15) is 0 Å². The van der Waals surface area contributed by atoms with Crippen LogP contribution in [0, 0.1) is 12.5 Å². The minimum Gasteiger partial charge on any atom is -0.343 e. The molecule has 1 unspecified atom stereocenters. The van der Waals surface area contributed by atoms with Crippen molar-refractivity contribution >= 4 is 0 Å². The second-order valence-corrected chi connectivity index (χ2v) is 4.31. The third-order valence-electron chi connectivity index (χ3n) is 2.71. The molecule has 0 bridgehead atoms. The zero-order valence-corrected chi connectivity index (χ0v) is 10.3. The van der Waals surface area contributed by atoms with Crippen molar-refractivity contribution in [2.45, 2.75) is 45.6 Å². The van der Waals surface area contributed by atoms with Gasteiger partial charge in [-0.25, -0.2) is 0 Å². The molecule has 1 rings (SSSR count). The number of nitrogens with one attached hydrogen (secondary N) is 1. The lowest BCUT2D eigenvalue weighted by Gasteiger charge is -2.10. The van der Waals surface area contributed by atoms with Crippen LogP contribution in [0.4, 0.5) is 0 Å². The van der Waals surface area contributed by atoms with Gasteiger partial charge in [0, 0.05) is 12.1 Å². The Morgan fingerprint density at radius 3 is 2.44 bits per heavy atom. The minimum absolute atomic E-state index is 0.339. The van der Waals surface area contributed by atoms with Gasteiger partial charge in [-0.1, -0.05) is 44.0 Å². The van der Waals surface area contributed by atoms with E-state index in [-0.39, 0.29) is 0 Å². The average molecular weight is 215 g/mol. The summed E-state index contributed by atoms with van der Waals surface area (Å²) in [4.78, 5) is 0. The second kappa shape index (κ2) is 6.95. The fourth-order valence-corrected chi connectivity index (χ4v) is 1.77. The lowest BCUT2D eigenvalue weighted by atomic mass is 10.0. The molecule has 86 valence electrons. The zero-order chi connectivity index (χ0) is 11.8.